The average Bonchev–Trinajstić information content (AvgIpc) is 3.54. The van der Waals surface area contributed by atoms with Gasteiger partial charge in [0.1, 0.15) is 6.54 Å². The number of furan rings is 1. The summed E-state index contributed by atoms with van der Waals surface area (Å²) in [4.78, 5) is 29.1. The number of piperazine rings is 1. The maximum atomic E-state index is 13.3. The highest BCUT2D eigenvalue weighted by atomic mass is 35.5. The number of fused-ring (bicyclic) bond motifs is 1. The van der Waals surface area contributed by atoms with Gasteiger partial charge < -0.3 is 18.8 Å². The highest BCUT2D eigenvalue weighted by Gasteiger charge is 2.27. The molecule has 2 aromatic carbocycles. The molecule has 0 spiro atoms. The van der Waals surface area contributed by atoms with E-state index in [0.29, 0.717) is 47.7 Å². The number of aromatic nitrogens is 1. The summed E-state index contributed by atoms with van der Waals surface area (Å²) >= 11 is 5.93. The molecule has 0 atom stereocenters. The minimum absolute atomic E-state index is 0.00308. The van der Waals surface area contributed by atoms with Crippen molar-refractivity contribution in [2.24, 2.45) is 0 Å². The first-order chi connectivity index (χ1) is 17.3. The summed E-state index contributed by atoms with van der Waals surface area (Å²) in [7, 11) is -3.67. The van der Waals surface area contributed by atoms with Crippen LogP contribution in [0.25, 0.3) is 10.9 Å². The van der Waals surface area contributed by atoms with Crippen molar-refractivity contribution >= 4 is 44.2 Å². The van der Waals surface area contributed by atoms with Gasteiger partial charge in [0, 0.05) is 48.3 Å². The van der Waals surface area contributed by atoms with Crippen molar-refractivity contribution in [2.45, 2.75) is 17.2 Å². The third kappa shape index (κ3) is 4.89. The largest absolute Gasteiger partial charge is 0.459 e. The second kappa shape index (κ2) is 9.83. The maximum absolute atomic E-state index is 13.3. The predicted octanol–water partition coefficient (Wildman–Crippen LogP) is 3.85. The van der Waals surface area contributed by atoms with Crippen LogP contribution in [0.5, 0.6) is 0 Å². The number of hydrogen-bond donors (Lipinski definition) is 0. The van der Waals surface area contributed by atoms with Crippen molar-refractivity contribution in [1.29, 1.82) is 0 Å². The summed E-state index contributed by atoms with van der Waals surface area (Å²) in [6.07, 6.45) is 3.00. The van der Waals surface area contributed by atoms with Crippen LogP contribution in [0, 0.1) is 0 Å². The van der Waals surface area contributed by atoms with Gasteiger partial charge >= 0.3 is 0 Å². The van der Waals surface area contributed by atoms with E-state index in [0.717, 1.165) is 0 Å². The molecule has 186 valence electrons. The van der Waals surface area contributed by atoms with Crippen LogP contribution in [0.15, 0.2) is 82.4 Å². The Labute approximate surface area is 213 Å². The molecule has 8 nitrogen and oxygen atoms in total. The number of nitrogens with zero attached hydrogens (tertiary/aromatic N) is 3. The third-order valence-electron chi connectivity index (χ3n) is 6.31. The lowest BCUT2D eigenvalue weighted by Crippen LogP contribution is -2.51. The van der Waals surface area contributed by atoms with Crippen LogP contribution in [0.1, 0.15) is 16.1 Å². The average molecular weight is 526 g/mol. The minimum atomic E-state index is -3.67. The van der Waals surface area contributed by atoms with Crippen LogP contribution in [-0.4, -0.2) is 60.8 Å². The molecule has 0 N–H and O–H groups in total. The predicted molar refractivity (Wildman–Crippen MR) is 135 cm³/mol. The molecule has 36 heavy (non-hydrogen) atoms. The first-order valence-electron chi connectivity index (χ1n) is 11.5. The van der Waals surface area contributed by atoms with Crippen molar-refractivity contribution < 1.29 is 22.4 Å². The zero-order chi connectivity index (χ0) is 25.3. The van der Waals surface area contributed by atoms with Gasteiger partial charge in [-0.15, -0.1) is 0 Å². The Morgan fingerprint density at radius 2 is 1.58 bits per heavy atom. The summed E-state index contributed by atoms with van der Waals surface area (Å²) in [6.45, 7) is 1.60. The van der Waals surface area contributed by atoms with E-state index in [-0.39, 0.29) is 34.8 Å². The van der Waals surface area contributed by atoms with Gasteiger partial charge in [-0.3, -0.25) is 9.59 Å². The molecule has 3 heterocycles. The van der Waals surface area contributed by atoms with E-state index in [1.54, 1.807) is 69.1 Å². The molecule has 0 radical (unpaired) electrons. The lowest BCUT2D eigenvalue weighted by molar-refractivity contribution is -0.133. The smallest absolute Gasteiger partial charge is 0.289 e. The number of rotatable bonds is 6. The molecule has 2 aromatic heterocycles. The highest BCUT2D eigenvalue weighted by molar-refractivity contribution is 7.90. The van der Waals surface area contributed by atoms with Gasteiger partial charge in [-0.05, 0) is 35.9 Å². The van der Waals surface area contributed by atoms with E-state index in [1.807, 2.05) is 12.1 Å². The summed E-state index contributed by atoms with van der Waals surface area (Å²) in [5.41, 5.74) is 1.31. The molecule has 1 fully saturated rings. The van der Waals surface area contributed by atoms with Gasteiger partial charge in [0.25, 0.3) is 5.91 Å². The van der Waals surface area contributed by atoms with E-state index in [2.05, 4.69) is 0 Å². The lowest BCUT2D eigenvalue weighted by atomic mass is 10.2. The quantitative estimate of drug-likeness (QED) is 0.381. The van der Waals surface area contributed by atoms with Gasteiger partial charge in [-0.25, -0.2) is 8.42 Å². The summed E-state index contributed by atoms with van der Waals surface area (Å²) in [6, 6.07) is 17.2. The Hall–Kier alpha value is -3.56. The van der Waals surface area contributed by atoms with Crippen molar-refractivity contribution in [2.75, 3.05) is 26.2 Å². The van der Waals surface area contributed by atoms with Crippen LogP contribution < -0.4 is 0 Å². The van der Waals surface area contributed by atoms with Crippen molar-refractivity contribution in [3.05, 3.63) is 89.5 Å². The Balaban J connectivity index is 1.32. The number of para-hydroxylation sites is 1. The van der Waals surface area contributed by atoms with Gasteiger partial charge in [0.2, 0.25) is 5.91 Å². The normalized spacial score (nSPS) is 14.4. The topological polar surface area (TPSA) is 92.8 Å². The van der Waals surface area contributed by atoms with Crippen molar-refractivity contribution in [3.8, 4) is 0 Å². The Kier molecular flexibility index (Phi) is 6.59. The van der Waals surface area contributed by atoms with Crippen LogP contribution in [0.4, 0.5) is 0 Å². The number of benzene rings is 2. The number of carbonyl (C=O) groups is 2. The van der Waals surface area contributed by atoms with Gasteiger partial charge in [-0.2, -0.15) is 0 Å². The Bertz CT molecular complexity index is 1500. The fourth-order valence-corrected chi connectivity index (χ4v) is 6.14. The number of halogens is 1. The molecular formula is C26H24ClN3O5S. The molecule has 1 aliphatic rings. The first-order valence-corrected chi connectivity index (χ1v) is 13.5. The molecule has 0 saturated carbocycles. The molecular weight excluding hydrogens is 502 g/mol. The summed E-state index contributed by atoms with van der Waals surface area (Å²) < 4.78 is 33.5. The van der Waals surface area contributed by atoms with E-state index >= 15 is 0 Å². The van der Waals surface area contributed by atoms with Crippen LogP contribution in [0.2, 0.25) is 5.02 Å². The summed E-state index contributed by atoms with van der Waals surface area (Å²) in [5.74, 6) is -0.222. The number of hydrogen-bond acceptors (Lipinski definition) is 5. The monoisotopic (exact) mass is 525 g/mol. The molecule has 1 aliphatic heterocycles. The second-order valence-electron chi connectivity index (χ2n) is 8.67. The summed E-state index contributed by atoms with van der Waals surface area (Å²) in [5, 5.41) is 1.12. The van der Waals surface area contributed by atoms with Gasteiger partial charge in [0.15, 0.2) is 15.6 Å². The van der Waals surface area contributed by atoms with Crippen LogP contribution in [0.3, 0.4) is 0 Å². The molecule has 2 amide bonds. The van der Waals surface area contributed by atoms with E-state index < -0.39 is 9.84 Å². The standard InChI is InChI=1S/C26H24ClN3O5S/c27-20-9-7-19(8-10-20)18-36(33,34)24-16-30(22-5-2-1-4-21(22)24)17-25(31)28-11-13-29(14-12-28)26(32)23-6-3-15-35-23/h1-10,15-16H,11-14,17-18H2. The lowest BCUT2D eigenvalue weighted by Gasteiger charge is -2.34. The minimum Gasteiger partial charge on any atom is -0.459 e. The van der Waals surface area contributed by atoms with E-state index in [4.69, 9.17) is 16.0 Å². The Morgan fingerprint density at radius 3 is 2.28 bits per heavy atom. The Morgan fingerprint density at radius 1 is 0.889 bits per heavy atom. The number of sulfone groups is 1. The van der Waals surface area contributed by atoms with E-state index in [1.165, 1.54) is 6.26 Å². The zero-order valence-corrected chi connectivity index (χ0v) is 20.9. The number of amides is 2. The molecule has 0 bridgehead atoms. The maximum Gasteiger partial charge on any atom is 0.289 e. The van der Waals surface area contributed by atoms with Gasteiger partial charge in [-0.1, -0.05) is 41.9 Å². The van der Waals surface area contributed by atoms with Crippen molar-refractivity contribution in [1.82, 2.24) is 14.4 Å². The molecule has 5 rings (SSSR count). The zero-order valence-electron chi connectivity index (χ0n) is 19.3. The molecule has 1 saturated heterocycles. The first kappa shape index (κ1) is 24.1. The molecule has 0 aliphatic carbocycles. The highest BCUT2D eigenvalue weighted by Crippen LogP contribution is 2.28. The SMILES string of the molecule is O=C(Cn1cc(S(=O)(=O)Cc2ccc(Cl)cc2)c2ccccc21)N1CCN(C(=O)c2ccco2)CC1. The fourth-order valence-electron chi connectivity index (χ4n) is 4.43. The molecule has 4 aromatic rings. The second-order valence-corrected chi connectivity index (χ2v) is 11.1. The third-order valence-corrected chi connectivity index (χ3v) is 8.27. The fraction of sp³-hybridized carbons (Fsp3) is 0.231. The van der Waals surface area contributed by atoms with E-state index in [9.17, 15) is 18.0 Å². The number of carbonyl (C=O) groups excluding carboxylic acids is 2. The van der Waals surface area contributed by atoms with Crippen LogP contribution >= 0.6 is 11.6 Å². The molecule has 0 unspecified atom stereocenters. The van der Waals surface area contributed by atoms with Crippen LogP contribution in [-0.2, 0) is 26.9 Å². The van der Waals surface area contributed by atoms with Gasteiger partial charge in [0.05, 0.1) is 16.9 Å². The van der Waals surface area contributed by atoms with Crippen molar-refractivity contribution in [3.63, 3.8) is 0 Å². The molecule has 10 heteroatoms.